The van der Waals surface area contributed by atoms with Gasteiger partial charge in [-0.1, -0.05) is 0 Å². The number of hydrazone groups is 2. The first-order valence-electron chi connectivity index (χ1n) is 12.3. The summed E-state index contributed by atoms with van der Waals surface area (Å²) in [6.07, 6.45) is 4.68. The van der Waals surface area contributed by atoms with E-state index in [-0.39, 0.29) is 92.8 Å². The van der Waals surface area contributed by atoms with Crippen LogP contribution in [0.15, 0.2) is 105 Å². The number of carboxylic acids is 2. The topological polar surface area (TPSA) is 204 Å². The zero-order chi connectivity index (χ0) is 30.4. The maximum atomic E-state index is 12.4. The van der Waals surface area contributed by atoms with Gasteiger partial charge >= 0.3 is 65.1 Å². The summed E-state index contributed by atoms with van der Waals surface area (Å²) in [5, 5.41) is 35.5. The minimum absolute atomic E-state index is 0. The first-order chi connectivity index (χ1) is 20.0. The molecule has 0 spiro atoms. The molecule has 2 aromatic carbocycles. The Morgan fingerprint density at radius 3 is 1.20 bits per heavy atom. The maximum Gasteiger partial charge on any atom is 1.00 e. The molecule has 13 nitrogen and oxygen atoms in total. The number of nitrogens with zero attached hydrogens (tertiary/aromatic N) is 2. The van der Waals surface area contributed by atoms with Gasteiger partial charge in [0.05, 0.1) is 23.3 Å². The molecule has 0 fully saturated rings. The van der Waals surface area contributed by atoms with Crippen LogP contribution in [0.25, 0.3) is 0 Å². The van der Waals surface area contributed by atoms with Crippen molar-refractivity contribution >= 4 is 63.7 Å². The number of carbonyl (C=O) groups excluding carboxylic acids is 5. The number of allylic oxidation sites excluding steroid dienone is 4. The third-order valence-electron chi connectivity index (χ3n) is 5.88. The molecule has 2 aromatic rings. The standard InChI is InChI=1S/C29H24N6O7.2Na/c1-15-11-17(27(38)39)13-23(25(15)36)34-32-21-7-3-19(4-8-21)30-29(42)31-20-5-9-22(10-6-20)33-35-24-14-18(28(40)41)12-16(2)26(24)37;;/h3-14,32-33H,1-2H3,(H,38,39)(H,40,41)(H2,30,31,42);;/q;2*+1/p-2/b34-23-,35-24+;;. The Hall–Kier alpha value is -4.11. The van der Waals surface area contributed by atoms with Crippen molar-refractivity contribution in [1.29, 1.82) is 0 Å². The van der Waals surface area contributed by atoms with E-state index in [1.807, 2.05) is 0 Å². The summed E-state index contributed by atoms with van der Waals surface area (Å²) in [5.74, 6) is -3.68. The van der Waals surface area contributed by atoms with Crippen molar-refractivity contribution in [3.8, 4) is 0 Å². The molecule has 212 valence electrons. The van der Waals surface area contributed by atoms with Crippen molar-refractivity contribution in [1.82, 2.24) is 0 Å². The van der Waals surface area contributed by atoms with Gasteiger partial charge in [0.15, 0.2) is 0 Å². The Morgan fingerprint density at radius 1 is 0.568 bits per heavy atom. The smallest absolute Gasteiger partial charge is 0.545 e. The fourth-order valence-electron chi connectivity index (χ4n) is 3.71. The predicted octanol–water partition coefficient (Wildman–Crippen LogP) is -4.71. The molecule has 0 aliphatic heterocycles. The van der Waals surface area contributed by atoms with E-state index >= 15 is 0 Å². The number of carboxylic acid groups (broad SMARTS) is 2. The monoisotopic (exact) mass is 612 g/mol. The number of hydrogen-bond donors (Lipinski definition) is 4. The number of anilines is 4. The Kier molecular flexibility index (Phi) is 13.2. The van der Waals surface area contributed by atoms with Crippen LogP contribution in [0.3, 0.4) is 0 Å². The van der Waals surface area contributed by atoms with Gasteiger partial charge in [0, 0.05) is 11.4 Å². The Balaban J connectivity index is 0.00000337. The van der Waals surface area contributed by atoms with Gasteiger partial charge in [0.1, 0.15) is 11.4 Å². The molecule has 0 bridgehead atoms. The Labute approximate surface area is 295 Å². The largest absolute Gasteiger partial charge is 1.00 e. The molecule has 4 N–H and O–H groups in total. The van der Waals surface area contributed by atoms with E-state index in [2.05, 4.69) is 31.7 Å². The molecule has 0 heterocycles. The molecular formula is C29H22N6Na2O7. The van der Waals surface area contributed by atoms with Crippen molar-refractivity contribution < 1.29 is 93.3 Å². The normalized spacial score (nSPS) is 15.9. The van der Waals surface area contributed by atoms with Crippen LogP contribution < -0.4 is 90.8 Å². The number of ketones is 2. The number of rotatable bonds is 8. The number of nitrogens with one attached hydrogen (secondary N) is 4. The molecule has 0 saturated heterocycles. The Bertz CT molecular complexity index is 1570. The summed E-state index contributed by atoms with van der Waals surface area (Å²) < 4.78 is 0. The fraction of sp³-hybridized carbons (Fsp3) is 0.0690. The molecule has 4 rings (SSSR count). The van der Waals surface area contributed by atoms with Gasteiger partial charge in [-0.15, -0.1) is 0 Å². The van der Waals surface area contributed by atoms with E-state index in [4.69, 9.17) is 0 Å². The molecule has 0 radical (unpaired) electrons. The van der Waals surface area contributed by atoms with Crippen molar-refractivity contribution in [3.05, 3.63) is 95.1 Å². The number of carbonyl (C=O) groups is 5. The van der Waals surface area contributed by atoms with E-state index in [9.17, 15) is 34.2 Å². The summed E-state index contributed by atoms with van der Waals surface area (Å²) in [5.41, 5.74) is 7.19. The minimum Gasteiger partial charge on any atom is -0.545 e. The van der Waals surface area contributed by atoms with Crippen LogP contribution >= 0.6 is 0 Å². The van der Waals surface area contributed by atoms with Crippen LogP contribution in [-0.2, 0) is 19.2 Å². The molecular weight excluding hydrogens is 590 g/mol. The molecule has 2 aliphatic rings. The van der Waals surface area contributed by atoms with Crippen LogP contribution in [0.4, 0.5) is 27.5 Å². The molecule has 44 heavy (non-hydrogen) atoms. The van der Waals surface area contributed by atoms with Gasteiger partial charge in [-0.3, -0.25) is 20.4 Å². The molecule has 0 unspecified atom stereocenters. The second-order valence-electron chi connectivity index (χ2n) is 9.04. The zero-order valence-electron chi connectivity index (χ0n) is 24.2. The summed E-state index contributed by atoms with van der Waals surface area (Å²) >= 11 is 0. The van der Waals surface area contributed by atoms with Gasteiger partial charge in [-0.2, -0.15) is 10.2 Å². The predicted molar refractivity (Wildman–Crippen MR) is 151 cm³/mol. The van der Waals surface area contributed by atoms with Crippen LogP contribution in [0.2, 0.25) is 0 Å². The summed E-state index contributed by atoms with van der Waals surface area (Å²) in [7, 11) is 0. The summed E-state index contributed by atoms with van der Waals surface area (Å²) in [6, 6.07) is 12.2. The van der Waals surface area contributed by atoms with Crippen molar-refractivity contribution in [2.45, 2.75) is 13.8 Å². The van der Waals surface area contributed by atoms with Gasteiger partial charge in [-0.25, -0.2) is 4.79 Å². The van der Waals surface area contributed by atoms with Crippen LogP contribution in [0.1, 0.15) is 13.8 Å². The maximum absolute atomic E-state index is 12.4. The number of hydrogen-bond acceptors (Lipinski definition) is 11. The van der Waals surface area contributed by atoms with Crippen LogP contribution in [0, 0.1) is 0 Å². The average molecular weight is 613 g/mol. The van der Waals surface area contributed by atoms with E-state index < -0.39 is 29.5 Å². The molecule has 2 aliphatic carbocycles. The van der Waals surface area contributed by atoms with Gasteiger partial charge in [0.2, 0.25) is 11.6 Å². The van der Waals surface area contributed by atoms with Crippen molar-refractivity contribution in [2.24, 2.45) is 10.2 Å². The first-order valence-corrected chi connectivity index (χ1v) is 12.3. The van der Waals surface area contributed by atoms with Gasteiger partial charge in [-0.05, 0) is 109 Å². The second kappa shape index (κ2) is 16.1. The molecule has 15 heteroatoms. The van der Waals surface area contributed by atoms with E-state index in [0.717, 1.165) is 12.2 Å². The number of aliphatic carboxylic acids is 2. The van der Waals surface area contributed by atoms with E-state index in [1.165, 1.54) is 26.0 Å². The van der Waals surface area contributed by atoms with E-state index in [0.29, 0.717) is 22.7 Å². The molecule has 0 aromatic heterocycles. The van der Waals surface area contributed by atoms with Crippen molar-refractivity contribution in [3.63, 3.8) is 0 Å². The SMILES string of the molecule is CC1=CC(C(=O)[O-])=C/C(=N/Nc2ccc(NC(=O)Nc3ccc(N/N=C4\C=C(C(=O)[O-])C=C(C)C4=O)cc3)cc2)C1=O.[Na+].[Na+]. The minimum atomic E-state index is -1.42. The molecule has 0 saturated carbocycles. The van der Waals surface area contributed by atoms with E-state index in [1.54, 1.807) is 48.5 Å². The molecule has 2 amide bonds. The summed E-state index contributed by atoms with van der Waals surface area (Å²) in [6.45, 7) is 2.96. The number of amides is 2. The van der Waals surface area contributed by atoms with Crippen LogP contribution in [0.5, 0.6) is 0 Å². The quantitative estimate of drug-likeness (QED) is 0.128. The Morgan fingerprint density at radius 2 is 0.886 bits per heavy atom. The number of urea groups is 1. The second-order valence-corrected chi connectivity index (χ2v) is 9.04. The first kappa shape index (κ1) is 36.1. The molecule has 0 atom stereocenters. The number of Topliss-reactive ketones (excluding diaryl/α,β-unsaturated/α-hetero) is 2. The van der Waals surface area contributed by atoms with Crippen molar-refractivity contribution in [2.75, 3.05) is 21.5 Å². The van der Waals surface area contributed by atoms with Crippen LogP contribution in [-0.4, -0.2) is 41.0 Å². The fourth-order valence-corrected chi connectivity index (χ4v) is 3.71. The number of benzene rings is 2. The summed E-state index contributed by atoms with van der Waals surface area (Å²) in [4.78, 5) is 59.1. The zero-order valence-corrected chi connectivity index (χ0v) is 28.2. The van der Waals surface area contributed by atoms with Gasteiger partial charge in [0.25, 0.3) is 0 Å². The third-order valence-corrected chi connectivity index (χ3v) is 5.88. The van der Waals surface area contributed by atoms with Gasteiger partial charge < -0.3 is 30.4 Å². The average Bonchev–Trinajstić information content (AvgIpc) is 2.95. The third kappa shape index (κ3) is 9.44.